The molecule has 0 heterocycles. The molecule has 19 heavy (non-hydrogen) atoms. The van der Waals surface area contributed by atoms with Gasteiger partial charge >= 0.3 is 0 Å². The number of methoxy groups -OCH3 is 1. The Morgan fingerprint density at radius 2 is 2.11 bits per heavy atom. The van der Waals surface area contributed by atoms with E-state index in [1.165, 1.54) is 7.11 Å². The monoisotopic (exact) mass is 266 g/mol. The minimum Gasteiger partial charge on any atom is -0.496 e. The summed E-state index contributed by atoms with van der Waals surface area (Å²) in [7, 11) is 1.51. The number of nitrogens with one attached hydrogen (secondary N) is 1. The number of nitrogen functional groups attached to an aromatic ring is 1. The predicted molar refractivity (Wildman–Crippen MR) is 75.4 cm³/mol. The molecule has 0 saturated heterocycles. The lowest BCUT2D eigenvalue weighted by molar-refractivity contribution is -0.00816. The van der Waals surface area contributed by atoms with E-state index < -0.39 is 5.60 Å². The van der Waals surface area contributed by atoms with Gasteiger partial charge < -0.3 is 20.5 Å². The lowest BCUT2D eigenvalue weighted by Gasteiger charge is -2.25. The van der Waals surface area contributed by atoms with E-state index in [9.17, 15) is 4.79 Å². The Kier molecular flexibility index (Phi) is 5.18. The zero-order valence-corrected chi connectivity index (χ0v) is 11.9. The second kappa shape index (κ2) is 6.43. The number of amides is 1. The molecule has 0 unspecified atom stereocenters. The average Bonchev–Trinajstić information content (AvgIpc) is 2.35. The fourth-order valence-corrected chi connectivity index (χ4v) is 1.78. The highest BCUT2D eigenvalue weighted by Crippen LogP contribution is 2.24. The summed E-state index contributed by atoms with van der Waals surface area (Å²) in [5, 5.41) is 2.82. The third-order valence-corrected chi connectivity index (χ3v) is 2.72. The Morgan fingerprint density at radius 1 is 1.42 bits per heavy atom. The van der Waals surface area contributed by atoms with Crippen LogP contribution in [-0.2, 0) is 4.74 Å². The summed E-state index contributed by atoms with van der Waals surface area (Å²) in [5.41, 5.74) is 6.16. The van der Waals surface area contributed by atoms with Gasteiger partial charge in [0.15, 0.2) is 0 Å². The first kappa shape index (κ1) is 15.3. The molecule has 0 spiro atoms. The molecule has 1 rings (SSSR count). The van der Waals surface area contributed by atoms with Crippen molar-refractivity contribution in [2.45, 2.75) is 26.4 Å². The zero-order chi connectivity index (χ0) is 14.5. The number of carbonyl (C=O) groups is 1. The number of benzene rings is 1. The molecule has 0 bridgehead atoms. The van der Waals surface area contributed by atoms with Crippen molar-refractivity contribution in [3.05, 3.63) is 23.8 Å². The molecule has 106 valence electrons. The molecule has 0 aliphatic rings. The van der Waals surface area contributed by atoms with Crippen LogP contribution in [0, 0.1) is 0 Å². The van der Waals surface area contributed by atoms with Crippen LogP contribution in [0.4, 0.5) is 5.69 Å². The van der Waals surface area contributed by atoms with Gasteiger partial charge in [0.05, 0.1) is 12.7 Å². The van der Waals surface area contributed by atoms with Gasteiger partial charge in [-0.15, -0.1) is 0 Å². The first-order valence-electron chi connectivity index (χ1n) is 6.26. The van der Waals surface area contributed by atoms with Crippen LogP contribution in [0.2, 0.25) is 0 Å². The first-order valence-corrected chi connectivity index (χ1v) is 6.26. The third-order valence-electron chi connectivity index (χ3n) is 2.72. The van der Waals surface area contributed by atoms with Crippen molar-refractivity contribution in [1.29, 1.82) is 0 Å². The lowest BCUT2D eigenvalue weighted by Crippen LogP contribution is -2.40. The summed E-state index contributed by atoms with van der Waals surface area (Å²) >= 11 is 0. The van der Waals surface area contributed by atoms with Gasteiger partial charge in [-0.05, 0) is 32.9 Å². The Hall–Kier alpha value is -1.75. The number of carbonyl (C=O) groups excluding carboxylic acids is 1. The van der Waals surface area contributed by atoms with Crippen LogP contribution in [0.1, 0.15) is 31.1 Å². The predicted octanol–water partition coefficient (Wildman–Crippen LogP) is 1.82. The van der Waals surface area contributed by atoms with Crippen LogP contribution in [-0.4, -0.2) is 31.8 Å². The van der Waals surface area contributed by atoms with Gasteiger partial charge in [-0.25, -0.2) is 0 Å². The summed E-state index contributed by atoms with van der Waals surface area (Å²) in [6, 6.07) is 5.12. The molecule has 1 aromatic carbocycles. The van der Waals surface area contributed by atoms with Crippen molar-refractivity contribution in [2.75, 3.05) is 26.0 Å². The molecule has 5 heteroatoms. The first-order chi connectivity index (χ1) is 8.91. The van der Waals surface area contributed by atoms with Crippen molar-refractivity contribution >= 4 is 11.6 Å². The molecule has 1 amide bonds. The standard InChI is InChI=1S/C14H22N2O3/c1-5-19-14(2,3)9-16-13(17)12-10(15)7-6-8-11(12)18-4/h6-8H,5,9,15H2,1-4H3,(H,16,17). The van der Waals surface area contributed by atoms with E-state index in [-0.39, 0.29) is 5.91 Å². The minimum absolute atomic E-state index is 0.261. The smallest absolute Gasteiger partial charge is 0.257 e. The third kappa shape index (κ3) is 4.13. The van der Waals surface area contributed by atoms with Gasteiger partial charge in [0.25, 0.3) is 5.91 Å². The fourth-order valence-electron chi connectivity index (χ4n) is 1.78. The maximum absolute atomic E-state index is 12.2. The van der Waals surface area contributed by atoms with E-state index in [1.807, 2.05) is 20.8 Å². The Balaban J connectivity index is 2.79. The van der Waals surface area contributed by atoms with Crippen LogP contribution in [0.15, 0.2) is 18.2 Å². The molecule has 1 aromatic rings. The van der Waals surface area contributed by atoms with E-state index in [0.29, 0.717) is 30.2 Å². The number of hydrogen-bond donors (Lipinski definition) is 2. The molecule has 0 aliphatic carbocycles. The summed E-state index contributed by atoms with van der Waals surface area (Å²) in [4.78, 5) is 12.2. The molecule has 0 fully saturated rings. The molecule has 0 saturated carbocycles. The van der Waals surface area contributed by atoms with Gasteiger partial charge in [0.2, 0.25) is 0 Å². The van der Waals surface area contributed by atoms with Crippen molar-refractivity contribution in [2.24, 2.45) is 0 Å². The topological polar surface area (TPSA) is 73.6 Å². The number of rotatable bonds is 6. The van der Waals surface area contributed by atoms with E-state index in [2.05, 4.69) is 5.32 Å². The van der Waals surface area contributed by atoms with Crippen LogP contribution in [0.5, 0.6) is 5.75 Å². The number of nitrogens with two attached hydrogens (primary N) is 1. The van der Waals surface area contributed by atoms with Crippen molar-refractivity contribution in [1.82, 2.24) is 5.32 Å². The van der Waals surface area contributed by atoms with Gasteiger partial charge in [-0.2, -0.15) is 0 Å². The number of ether oxygens (including phenoxy) is 2. The van der Waals surface area contributed by atoms with Gasteiger partial charge in [-0.3, -0.25) is 4.79 Å². The zero-order valence-electron chi connectivity index (χ0n) is 11.9. The number of anilines is 1. The van der Waals surface area contributed by atoms with Crippen LogP contribution >= 0.6 is 0 Å². The van der Waals surface area contributed by atoms with E-state index in [0.717, 1.165) is 0 Å². The highest BCUT2D eigenvalue weighted by Gasteiger charge is 2.21. The highest BCUT2D eigenvalue weighted by molar-refractivity contribution is 6.01. The SMILES string of the molecule is CCOC(C)(C)CNC(=O)c1c(N)cccc1OC. The highest BCUT2D eigenvalue weighted by atomic mass is 16.5. The fraction of sp³-hybridized carbons (Fsp3) is 0.500. The summed E-state index contributed by atoms with van der Waals surface area (Å²) in [6.45, 7) is 6.75. The lowest BCUT2D eigenvalue weighted by atomic mass is 10.1. The van der Waals surface area contributed by atoms with Crippen molar-refractivity contribution < 1.29 is 14.3 Å². The number of hydrogen-bond acceptors (Lipinski definition) is 4. The van der Waals surface area contributed by atoms with Crippen LogP contribution in [0.3, 0.4) is 0 Å². The summed E-state index contributed by atoms with van der Waals surface area (Å²) in [6.07, 6.45) is 0. The molecule has 3 N–H and O–H groups in total. The largest absolute Gasteiger partial charge is 0.496 e. The Morgan fingerprint density at radius 3 is 2.68 bits per heavy atom. The quantitative estimate of drug-likeness (QED) is 0.770. The van der Waals surface area contributed by atoms with E-state index in [1.54, 1.807) is 18.2 Å². The molecule has 5 nitrogen and oxygen atoms in total. The van der Waals surface area contributed by atoms with Gasteiger partial charge in [0, 0.05) is 18.8 Å². The molecular formula is C14H22N2O3. The molecule has 0 radical (unpaired) electrons. The normalized spacial score (nSPS) is 11.2. The molecule has 0 aromatic heterocycles. The van der Waals surface area contributed by atoms with Gasteiger partial charge in [0.1, 0.15) is 11.3 Å². The van der Waals surface area contributed by atoms with E-state index >= 15 is 0 Å². The van der Waals surface area contributed by atoms with Crippen molar-refractivity contribution in [3.8, 4) is 5.75 Å². The molecule has 0 aliphatic heterocycles. The maximum atomic E-state index is 12.2. The van der Waals surface area contributed by atoms with Crippen LogP contribution in [0.25, 0.3) is 0 Å². The summed E-state index contributed by atoms with van der Waals surface area (Å²) in [5.74, 6) is 0.203. The van der Waals surface area contributed by atoms with Crippen LogP contribution < -0.4 is 15.8 Å². The minimum atomic E-state index is -0.415. The average molecular weight is 266 g/mol. The second-order valence-corrected chi connectivity index (χ2v) is 4.80. The van der Waals surface area contributed by atoms with Gasteiger partial charge in [-0.1, -0.05) is 6.07 Å². The Bertz CT molecular complexity index is 444. The maximum Gasteiger partial charge on any atom is 0.257 e. The van der Waals surface area contributed by atoms with E-state index in [4.69, 9.17) is 15.2 Å². The summed E-state index contributed by atoms with van der Waals surface area (Å²) < 4.78 is 10.7. The Labute approximate surface area is 114 Å². The van der Waals surface area contributed by atoms with Crippen molar-refractivity contribution in [3.63, 3.8) is 0 Å². The molecular weight excluding hydrogens is 244 g/mol. The molecule has 0 atom stereocenters. The second-order valence-electron chi connectivity index (χ2n) is 4.80.